The third kappa shape index (κ3) is 6.53. The predicted molar refractivity (Wildman–Crippen MR) is 155 cm³/mol. The molecule has 8 nitrogen and oxygen atoms in total. The lowest BCUT2D eigenvalue weighted by Crippen LogP contribution is -2.52. The van der Waals surface area contributed by atoms with Crippen LogP contribution < -0.4 is 16.0 Å². The molecule has 0 fully saturated rings. The highest BCUT2D eigenvalue weighted by Gasteiger charge is 2.22. The van der Waals surface area contributed by atoms with E-state index in [2.05, 4.69) is 51.3 Å². The molecule has 1 heterocycles. The molecule has 202 valence electrons. The van der Waals surface area contributed by atoms with Gasteiger partial charge in [0.15, 0.2) is 0 Å². The molecule has 3 amide bonds. The van der Waals surface area contributed by atoms with Gasteiger partial charge in [0.2, 0.25) is 17.7 Å². The summed E-state index contributed by atoms with van der Waals surface area (Å²) < 4.78 is 1.92. The van der Waals surface area contributed by atoms with Gasteiger partial charge in [-0.15, -0.1) is 0 Å². The van der Waals surface area contributed by atoms with Gasteiger partial charge in [0, 0.05) is 38.4 Å². The van der Waals surface area contributed by atoms with Crippen LogP contribution >= 0.6 is 0 Å². The third-order valence-electron chi connectivity index (χ3n) is 6.85. The number of hydrogen-bond donors (Lipinski definition) is 3. The first kappa shape index (κ1) is 26.6. The van der Waals surface area contributed by atoms with E-state index in [4.69, 9.17) is 0 Å². The van der Waals surface area contributed by atoms with Crippen LogP contribution in [0.25, 0.3) is 21.5 Å². The van der Waals surface area contributed by atoms with Crippen LogP contribution in [0.3, 0.4) is 0 Å². The van der Waals surface area contributed by atoms with E-state index >= 15 is 0 Å². The molecule has 0 saturated carbocycles. The second-order valence-corrected chi connectivity index (χ2v) is 9.78. The topological polar surface area (TPSA) is 105 Å². The van der Waals surface area contributed by atoms with Crippen LogP contribution in [0, 0.1) is 0 Å². The zero-order valence-electron chi connectivity index (χ0n) is 22.3. The van der Waals surface area contributed by atoms with Crippen LogP contribution in [0.15, 0.2) is 97.5 Å². The van der Waals surface area contributed by atoms with Crippen molar-refractivity contribution in [2.24, 2.45) is 0 Å². The summed E-state index contributed by atoms with van der Waals surface area (Å²) in [5.74, 6) is -0.995. The van der Waals surface area contributed by atoms with Crippen LogP contribution in [0.2, 0.25) is 0 Å². The molecule has 0 spiro atoms. The molecule has 4 aromatic carbocycles. The van der Waals surface area contributed by atoms with Gasteiger partial charge in [0.1, 0.15) is 6.04 Å². The number of benzene rings is 4. The molecule has 0 radical (unpaired) electrons. The zero-order chi connectivity index (χ0) is 27.9. The molecular formula is C32H31N5O3. The van der Waals surface area contributed by atoms with Gasteiger partial charge >= 0.3 is 0 Å². The molecule has 1 atom stereocenters. The number of fused-ring (bicyclic) bond motifs is 2. The Morgan fingerprint density at radius 2 is 1.60 bits per heavy atom. The highest BCUT2D eigenvalue weighted by molar-refractivity contribution is 5.90. The van der Waals surface area contributed by atoms with Crippen molar-refractivity contribution in [1.82, 2.24) is 25.5 Å². The van der Waals surface area contributed by atoms with Crippen molar-refractivity contribution in [2.45, 2.75) is 32.5 Å². The van der Waals surface area contributed by atoms with Crippen LogP contribution in [0.1, 0.15) is 23.7 Å². The first-order valence-electron chi connectivity index (χ1n) is 13.2. The Kier molecular flexibility index (Phi) is 8.15. The van der Waals surface area contributed by atoms with E-state index in [0.717, 1.165) is 33.0 Å². The van der Waals surface area contributed by atoms with Crippen LogP contribution in [0.4, 0.5) is 0 Å². The summed E-state index contributed by atoms with van der Waals surface area (Å²) in [4.78, 5) is 42.0. The van der Waals surface area contributed by atoms with E-state index in [-0.39, 0.29) is 30.7 Å². The Morgan fingerprint density at radius 1 is 0.850 bits per heavy atom. The standard InChI is InChI=1S/C32H31N5O3/c1-22(38)34-19-30(32(40)35-17-27-11-6-10-25-8-4-5-12-29(25)27)36-31(39)16-28-18-33-21-37(28)20-23-13-14-24-7-2-3-9-26(24)15-23/h2-15,18,21,30H,16-17,19-20H2,1H3,(H,34,38)(H,35,40)(H,36,39). The molecule has 5 aromatic rings. The van der Waals surface area contributed by atoms with Crippen LogP contribution in [0.5, 0.6) is 0 Å². The van der Waals surface area contributed by atoms with E-state index in [1.165, 1.54) is 12.3 Å². The van der Waals surface area contributed by atoms with Crippen molar-refractivity contribution in [1.29, 1.82) is 0 Å². The molecule has 0 bridgehead atoms. The highest BCUT2D eigenvalue weighted by Crippen LogP contribution is 2.19. The molecule has 40 heavy (non-hydrogen) atoms. The highest BCUT2D eigenvalue weighted by atomic mass is 16.2. The average molecular weight is 534 g/mol. The minimum absolute atomic E-state index is 0.0151. The molecule has 1 aromatic heterocycles. The second kappa shape index (κ2) is 12.3. The Bertz CT molecular complexity index is 1670. The van der Waals surface area contributed by atoms with Crippen molar-refractivity contribution < 1.29 is 14.4 Å². The Hall–Kier alpha value is -4.98. The van der Waals surface area contributed by atoms with Gasteiger partial charge in [0.05, 0.1) is 12.7 Å². The molecule has 1 unspecified atom stereocenters. The number of imidazole rings is 1. The summed E-state index contributed by atoms with van der Waals surface area (Å²) in [6.07, 6.45) is 3.40. The first-order valence-corrected chi connectivity index (χ1v) is 13.2. The van der Waals surface area contributed by atoms with Gasteiger partial charge < -0.3 is 20.5 Å². The van der Waals surface area contributed by atoms with Gasteiger partial charge in [-0.3, -0.25) is 14.4 Å². The summed E-state index contributed by atoms with van der Waals surface area (Å²) in [7, 11) is 0. The summed E-state index contributed by atoms with van der Waals surface area (Å²) in [5.41, 5.74) is 2.78. The largest absolute Gasteiger partial charge is 0.354 e. The molecule has 0 saturated heterocycles. The smallest absolute Gasteiger partial charge is 0.244 e. The maximum Gasteiger partial charge on any atom is 0.244 e. The van der Waals surface area contributed by atoms with Crippen LogP contribution in [-0.2, 0) is 33.9 Å². The monoisotopic (exact) mass is 533 g/mol. The minimum Gasteiger partial charge on any atom is -0.354 e. The predicted octanol–water partition coefficient (Wildman–Crippen LogP) is 3.72. The second-order valence-electron chi connectivity index (χ2n) is 9.78. The lowest BCUT2D eigenvalue weighted by Gasteiger charge is -2.19. The third-order valence-corrected chi connectivity index (χ3v) is 6.85. The van der Waals surface area contributed by atoms with Gasteiger partial charge in [-0.1, -0.05) is 78.9 Å². The maximum absolute atomic E-state index is 13.1. The number of aromatic nitrogens is 2. The lowest BCUT2D eigenvalue weighted by atomic mass is 10.0. The van der Waals surface area contributed by atoms with Gasteiger partial charge in [-0.25, -0.2) is 4.98 Å². The molecule has 0 aliphatic rings. The van der Waals surface area contributed by atoms with E-state index in [1.807, 2.05) is 59.2 Å². The van der Waals surface area contributed by atoms with Crippen LogP contribution in [-0.4, -0.2) is 39.9 Å². The van der Waals surface area contributed by atoms with E-state index in [9.17, 15) is 14.4 Å². The molecule has 0 aliphatic carbocycles. The Balaban J connectivity index is 1.24. The molecular weight excluding hydrogens is 502 g/mol. The number of nitrogens with zero attached hydrogens (tertiary/aromatic N) is 2. The SMILES string of the molecule is CC(=O)NCC(NC(=O)Cc1cncn1Cc1ccc2ccccc2c1)C(=O)NCc1cccc2ccccc12. The number of amides is 3. The minimum atomic E-state index is -0.928. The quantitative estimate of drug-likeness (QED) is 0.255. The summed E-state index contributed by atoms with van der Waals surface area (Å²) in [5, 5.41) is 12.8. The van der Waals surface area contributed by atoms with Crippen molar-refractivity contribution in [3.05, 3.63) is 114 Å². The Morgan fingerprint density at radius 3 is 2.42 bits per heavy atom. The van der Waals surface area contributed by atoms with E-state index in [0.29, 0.717) is 13.1 Å². The fraction of sp³-hybridized carbons (Fsp3) is 0.188. The van der Waals surface area contributed by atoms with Crippen molar-refractivity contribution in [2.75, 3.05) is 6.54 Å². The number of carbonyl (C=O) groups excluding carboxylic acids is 3. The fourth-order valence-electron chi connectivity index (χ4n) is 4.79. The molecule has 8 heteroatoms. The normalized spacial score (nSPS) is 11.7. The zero-order valence-corrected chi connectivity index (χ0v) is 22.3. The van der Waals surface area contributed by atoms with Gasteiger partial charge in [0.25, 0.3) is 0 Å². The summed E-state index contributed by atoms with van der Waals surface area (Å²) in [6.45, 7) is 2.22. The van der Waals surface area contributed by atoms with E-state index < -0.39 is 6.04 Å². The van der Waals surface area contributed by atoms with Crippen molar-refractivity contribution in [3.63, 3.8) is 0 Å². The number of rotatable bonds is 10. The maximum atomic E-state index is 13.1. The molecule has 3 N–H and O–H groups in total. The van der Waals surface area contributed by atoms with Crippen molar-refractivity contribution in [3.8, 4) is 0 Å². The average Bonchev–Trinajstić information content (AvgIpc) is 3.39. The summed E-state index contributed by atoms with van der Waals surface area (Å²) in [6, 6.07) is 27.4. The number of carbonyl (C=O) groups is 3. The molecule has 0 aliphatic heterocycles. The van der Waals surface area contributed by atoms with Crippen molar-refractivity contribution >= 4 is 39.3 Å². The first-order chi connectivity index (χ1) is 19.5. The van der Waals surface area contributed by atoms with Gasteiger partial charge in [-0.05, 0) is 38.7 Å². The number of nitrogens with one attached hydrogen (secondary N) is 3. The van der Waals surface area contributed by atoms with E-state index in [1.54, 1.807) is 12.5 Å². The number of hydrogen-bond acceptors (Lipinski definition) is 4. The van der Waals surface area contributed by atoms with Gasteiger partial charge in [-0.2, -0.15) is 0 Å². The lowest BCUT2D eigenvalue weighted by molar-refractivity contribution is -0.129. The molecule has 5 rings (SSSR count). The summed E-state index contributed by atoms with van der Waals surface area (Å²) >= 11 is 0. The fourth-order valence-corrected chi connectivity index (χ4v) is 4.79. The Labute approximate surface area is 232 Å².